The molecule has 0 atom stereocenters. The molecule has 1 aliphatic heterocycles. The maximum Gasteiger partial charge on any atom is 0.280 e. The molecule has 1 amide bonds. The Morgan fingerprint density at radius 2 is 1.86 bits per heavy atom. The highest BCUT2D eigenvalue weighted by Gasteiger charge is 2.33. The summed E-state index contributed by atoms with van der Waals surface area (Å²) in [5.74, 6) is -0.328. The minimum atomic E-state index is -0.316. The molecule has 0 radical (unpaired) electrons. The van der Waals surface area contributed by atoms with Crippen LogP contribution in [0.4, 0.5) is 0 Å². The van der Waals surface area contributed by atoms with Gasteiger partial charge in [0.15, 0.2) is 5.88 Å². The maximum atomic E-state index is 12.3. The first-order valence-electron chi connectivity index (χ1n) is 6.43. The molecule has 0 spiro atoms. The van der Waals surface area contributed by atoms with Gasteiger partial charge in [0, 0.05) is 0 Å². The van der Waals surface area contributed by atoms with Crippen molar-refractivity contribution in [3.63, 3.8) is 0 Å². The van der Waals surface area contributed by atoms with Gasteiger partial charge in [-0.25, -0.2) is 4.99 Å². The highest BCUT2D eigenvalue weighted by Crippen LogP contribution is 2.38. The molecule has 0 unspecified atom stereocenters. The van der Waals surface area contributed by atoms with Crippen molar-refractivity contribution in [3.8, 4) is 17.1 Å². The zero-order valence-electron chi connectivity index (χ0n) is 10.8. The van der Waals surface area contributed by atoms with E-state index in [0.29, 0.717) is 22.5 Å². The monoisotopic (exact) mass is 294 g/mol. The third-order valence-electron chi connectivity index (χ3n) is 3.46. The number of thiophene rings is 1. The van der Waals surface area contributed by atoms with Crippen LogP contribution in [0.15, 0.2) is 52.8 Å². The number of fused-ring (bicyclic) bond motifs is 1. The number of aromatic nitrogens is 1. The molecule has 5 heteroatoms. The molecule has 4 rings (SSSR count). The van der Waals surface area contributed by atoms with Gasteiger partial charge in [-0.2, -0.15) is 0 Å². The number of nitrogens with zero attached hydrogens (tertiary/aromatic N) is 1. The van der Waals surface area contributed by atoms with E-state index in [4.69, 9.17) is 0 Å². The maximum absolute atomic E-state index is 12.3. The lowest BCUT2D eigenvalue weighted by Gasteiger charge is -1.99. The fourth-order valence-corrected chi connectivity index (χ4v) is 3.28. The second-order valence-corrected chi connectivity index (χ2v) is 5.66. The topological polar surface area (TPSA) is 65.4 Å². The molecule has 3 heterocycles. The minimum Gasteiger partial charge on any atom is -0.494 e. The summed E-state index contributed by atoms with van der Waals surface area (Å²) >= 11 is 1.49. The predicted molar refractivity (Wildman–Crippen MR) is 82.2 cm³/mol. The largest absolute Gasteiger partial charge is 0.494 e. The number of carbonyl (C=O) groups excluding carboxylic acids is 1. The molecule has 0 aliphatic carbocycles. The average Bonchev–Trinajstić information content (AvgIpc) is 3.19. The molecule has 0 saturated carbocycles. The van der Waals surface area contributed by atoms with Crippen molar-refractivity contribution in [2.45, 2.75) is 0 Å². The molecule has 2 N–H and O–H groups in total. The molecule has 21 heavy (non-hydrogen) atoms. The third-order valence-corrected chi connectivity index (χ3v) is 4.34. The lowest BCUT2D eigenvalue weighted by molar-refractivity contribution is 0.101. The van der Waals surface area contributed by atoms with Gasteiger partial charge >= 0.3 is 0 Å². The zero-order valence-corrected chi connectivity index (χ0v) is 11.6. The van der Waals surface area contributed by atoms with Crippen LogP contribution in [-0.4, -0.2) is 21.7 Å². The van der Waals surface area contributed by atoms with Gasteiger partial charge in [0.25, 0.3) is 5.91 Å². The summed E-state index contributed by atoms with van der Waals surface area (Å²) in [7, 11) is 0. The van der Waals surface area contributed by atoms with Gasteiger partial charge in [0.2, 0.25) is 0 Å². The highest BCUT2D eigenvalue weighted by atomic mass is 32.1. The average molecular weight is 294 g/mol. The Balaban J connectivity index is 1.94. The Hall–Kier alpha value is -2.66. The molecule has 0 bridgehead atoms. The summed E-state index contributed by atoms with van der Waals surface area (Å²) in [5, 5.41) is 12.1. The van der Waals surface area contributed by atoms with Crippen molar-refractivity contribution < 1.29 is 9.90 Å². The molecule has 1 aromatic carbocycles. The Morgan fingerprint density at radius 1 is 1.05 bits per heavy atom. The Kier molecular flexibility index (Phi) is 2.55. The highest BCUT2D eigenvalue weighted by molar-refractivity contribution is 7.12. The van der Waals surface area contributed by atoms with Crippen molar-refractivity contribution in [2.24, 2.45) is 4.99 Å². The van der Waals surface area contributed by atoms with Gasteiger partial charge in [-0.3, -0.25) is 4.79 Å². The second-order valence-electron chi connectivity index (χ2n) is 4.71. The van der Waals surface area contributed by atoms with Crippen LogP contribution in [0.25, 0.3) is 11.3 Å². The van der Waals surface area contributed by atoms with Crippen LogP contribution < -0.4 is 0 Å². The van der Waals surface area contributed by atoms with Gasteiger partial charge in [-0.15, -0.1) is 11.3 Å². The van der Waals surface area contributed by atoms with E-state index in [1.807, 2.05) is 47.8 Å². The second kappa shape index (κ2) is 4.43. The number of rotatable bonds is 2. The van der Waals surface area contributed by atoms with E-state index in [1.165, 1.54) is 11.3 Å². The SMILES string of the molecule is O=C1N=C(c2cccs2)c2c(O)[nH]c(-c3ccccc3)c21. The molecular formula is C16H10N2O2S. The van der Waals surface area contributed by atoms with Gasteiger partial charge in [-0.05, 0) is 17.0 Å². The standard InChI is InChI=1S/C16H10N2O2S/c19-15-11-12(14(18-15)10-7-4-8-21-10)16(20)17-13(11)9-5-2-1-3-6-9/h1-8,17,20H. The first-order valence-corrected chi connectivity index (χ1v) is 7.31. The van der Waals surface area contributed by atoms with Crippen molar-refractivity contribution in [1.82, 2.24) is 4.98 Å². The smallest absolute Gasteiger partial charge is 0.280 e. The van der Waals surface area contributed by atoms with E-state index in [9.17, 15) is 9.90 Å². The van der Waals surface area contributed by atoms with Crippen molar-refractivity contribution >= 4 is 23.0 Å². The molecule has 4 nitrogen and oxygen atoms in total. The Labute approximate surface area is 124 Å². The van der Waals surface area contributed by atoms with Crippen LogP contribution in [0.1, 0.15) is 20.8 Å². The Bertz CT molecular complexity index is 861. The lowest BCUT2D eigenvalue weighted by atomic mass is 10.0. The number of benzene rings is 1. The molecule has 0 saturated heterocycles. The third kappa shape index (κ3) is 1.75. The number of aromatic hydroxyl groups is 1. The van der Waals surface area contributed by atoms with Crippen LogP contribution in [0.5, 0.6) is 5.88 Å². The normalized spacial score (nSPS) is 13.3. The van der Waals surface area contributed by atoms with Crippen molar-refractivity contribution in [2.75, 3.05) is 0 Å². The van der Waals surface area contributed by atoms with Crippen LogP contribution in [0, 0.1) is 0 Å². The summed E-state index contributed by atoms with van der Waals surface area (Å²) in [6.45, 7) is 0. The summed E-state index contributed by atoms with van der Waals surface area (Å²) < 4.78 is 0. The number of aliphatic imine (C=N–C) groups is 1. The lowest BCUT2D eigenvalue weighted by Crippen LogP contribution is -1.96. The first kappa shape index (κ1) is 12.1. The van der Waals surface area contributed by atoms with E-state index in [0.717, 1.165) is 10.4 Å². The van der Waals surface area contributed by atoms with E-state index in [-0.39, 0.29) is 11.8 Å². The van der Waals surface area contributed by atoms with Gasteiger partial charge in [-0.1, -0.05) is 36.4 Å². The van der Waals surface area contributed by atoms with Gasteiger partial charge in [0.05, 0.1) is 27.4 Å². The quantitative estimate of drug-likeness (QED) is 0.760. The minimum absolute atomic E-state index is 0.0122. The van der Waals surface area contributed by atoms with E-state index in [2.05, 4.69) is 9.98 Å². The first-order chi connectivity index (χ1) is 10.3. The van der Waals surface area contributed by atoms with Crippen molar-refractivity contribution in [1.29, 1.82) is 0 Å². The zero-order chi connectivity index (χ0) is 14.4. The summed E-state index contributed by atoms with van der Waals surface area (Å²) in [6, 6.07) is 13.2. The molecule has 102 valence electrons. The van der Waals surface area contributed by atoms with E-state index in [1.54, 1.807) is 0 Å². The number of carbonyl (C=O) groups is 1. The van der Waals surface area contributed by atoms with Gasteiger partial charge in [0.1, 0.15) is 0 Å². The molecule has 1 aliphatic rings. The van der Waals surface area contributed by atoms with E-state index >= 15 is 0 Å². The fourth-order valence-electron chi connectivity index (χ4n) is 2.56. The Morgan fingerprint density at radius 3 is 2.57 bits per heavy atom. The number of aromatic amines is 1. The van der Waals surface area contributed by atoms with Crippen molar-refractivity contribution in [3.05, 3.63) is 63.8 Å². The fraction of sp³-hybridized carbons (Fsp3) is 0. The summed E-state index contributed by atoms with van der Waals surface area (Å²) in [5.41, 5.74) is 2.96. The van der Waals surface area contributed by atoms with E-state index < -0.39 is 0 Å². The summed E-state index contributed by atoms with van der Waals surface area (Å²) in [6.07, 6.45) is 0. The molecular weight excluding hydrogens is 284 g/mol. The number of nitrogens with one attached hydrogen (secondary N) is 1. The summed E-state index contributed by atoms with van der Waals surface area (Å²) in [4.78, 5) is 20.2. The van der Waals surface area contributed by atoms with Crippen LogP contribution in [-0.2, 0) is 0 Å². The van der Waals surface area contributed by atoms with Crippen LogP contribution in [0.2, 0.25) is 0 Å². The number of hydrogen-bond donors (Lipinski definition) is 2. The van der Waals surface area contributed by atoms with Crippen LogP contribution in [0.3, 0.4) is 0 Å². The van der Waals surface area contributed by atoms with Gasteiger partial charge < -0.3 is 10.1 Å². The molecule has 0 fully saturated rings. The predicted octanol–water partition coefficient (Wildman–Crippen LogP) is 3.44. The van der Waals surface area contributed by atoms with Crippen LogP contribution >= 0.6 is 11.3 Å². The number of amides is 1. The number of H-pyrrole nitrogens is 1. The number of hydrogen-bond acceptors (Lipinski definition) is 3. The molecule has 3 aromatic rings. The molecule has 2 aromatic heterocycles.